The van der Waals surface area contributed by atoms with E-state index >= 15 is 0 Å². The Balaban J connectivity index is 1.11. The molecule has 0 saturated heterocycles. The van der Waals surface area contributed by atoms with Crippen LogP contribution in [0.4, 0.5) is 17.1 Å². The van der Waals surface area contributed by atoms with E-state index in [4.69, 9.17) is 0 Å². The zero-order valence-corrected chi connectivity index (χ0v) is 41.8. The van der Waals surface area contributed by atoms with Crippen LogP contribution < -0.4 is 4.90 Å². The van der Waals surface area contributed by atoms with E-state index in [0.29, 0.717) is 0 Å². The van der Waals surface area contributed by atoms with Crippen molar-refractivity contribution in [2.75, 3.05) is 4.90 Å². The molecule has 0 spiro atoms. The molecular formula is C69H66N2. The van der Waals surface area contributed by atoms with Gasteiger partial charge in [-0.3, -0.25) is 0 Å². The van der Waals surface area contributed by atoms with Crippen LogP contribution in [0.15, 0.2) is 207 Å². The van der Waals surface area contributed by atoms with E-state index in [2.05, 4.69) is 218 Å². The fourth-order valence-electron chi connectivity index (χ4n) is 12.1. The summed E-state index contributed by atoms with van der Waals surface area (Å²) in [5.41, 5.74) is 20.5. The largest absolute Gasteiger partial charge is 0.310 e. The molecule has 1 heterocycles. The third-order valence-electron chi connectivity index (χ3n) is 15.8. The fraction of sp³-hybridized carbons (Fsp3) is 0.217. The van der Waals surface area contributed by atoms with Crippen molar-refractivity contribution in [1.82, 2.24) is 4.57 Å². The van der Waals surface area contributed by atoms with Crippen molar-refractivity contribution in [2.24, 2.45) is 0 Å². The number of anilines is 3. The van der Waals surface area contributed by atoms with Gasteiger partial charge in [0.05, 0.1) is 16.7 Å². The maximum absolute atomic E-state index is 4.05. The zero-order valence-electron chi connectivity index (χ0n) is 41.8. The van der Waals surface area contributed by atoms with Crippen LogP contribution in [0.1, 0.15) is 113 Å². The minimum Gasteiger partial charge on any atom is -0.310 e. The van der Waals surface area contributed by atoms with E-state index in [1.807, 2.05) is 12.2 Å². The van der Waals surface area contributed by atoms with Gasteiger partial charge in [-0.15, -0.1) is 0 Å². The van der Waals surface area contributed by atoms with E-state index in [-0.39, 0.29) is 5.41 Å². The number of nitrogens with zero attached hydrogens (tertiary/aromatic N) is 2. The summed E-state index contributed by atoms with van der Waals surface area (Å²) in [7, 11) is 0. The smallest absolute Gasteiger partial charge is 0.0541 e. The van der Waals surface area contributed by atoms with Gasteiger partial charge in [0.15, 0.2) is 0 Å². The molecule has 0 radical (unpaired) electrons. The standard InChI is InChI=1S/C69H66N2/c1-5-9-11-18-43-69(44-19-12-10-6-2)64-47-57(70(56-23-14-13-15-24-56)66-26-20-22-53-21-16-17-25-59(53)66)37-39-60(64)61-40-38-58(48-65(61)69)71-67-41-35-54(51-31-27-49(7-3)28-32-51)45-62(67)63-46-55(36-42-68(63)71)52-33-29-50(8-4)30-34-52/h7-8,13-17,20-29,31-33,35-42,45-48H,3-6,9-12,18-19,30,34,43-44H2,1-2H3. The van der Waals surface area contributed by atoms with Crippen LogP contribution in [0.3, 0.4) is 0 Å². The van der Waals surface area contributed by atoms with Gasteiger partial charge in [-0.05, 0) is 153 Å². The van der Waals surface area contributed by atoms with Crippen LogP contribution in [0, 0.1) is 0 Å². The lowest BCUT2D eigenvalue weighted by Crippen LogP contribution is -2.26. The molecule has 2 aliphatic rings. The molecule has 1 aromatic heterocycles. The highest BCUT2D eigenvalue weighted by atomic mass is 15.1. The van der Waals surface area contributed by atoms with Gasteiger partial charge >= 0.3 is 0 Å². The number of hydrogen-bond acceptors (Lipinski definition) is 1. The maximum atomic E-state index is 4.05. The fourth-order valence-corrected chi connectivity index (χ4v) is 12.1. The first-order chi connectivity index (χ1) is 35.0. The monoisotopic (exact) mass is 923 g/mol. The van der Waals surface area contributed by atoms with Gasteiger partial charge in [-0.25, -0.2) is 0 Å². The number of fused-ring (bicyclic) bond motifs is 7. The number of unbranched alkanes of at least 4 members (excludes halogenated alkanes) is 6. The Kier molecular flexibility index (Phi) is 13.0. The molecule has 0 atom stereocenters. The maximum Gasteiger partial charge on any atom is 0.0541 e. The summed E-state index contributed by atoms with van der Waals surface area (Å²) in [5.74, 6) is 0. The van der Waals surface area contributed by atoms with Crippen molar-refractivity contribution < 1.29 is 0 Å². The lowest BCUT2D eigenvalue weighted by Gasteiger charge is -2.34. The molecule has 2 aliphatic carbocycles. The molecule has 0 fully saturated rings. The Morgan fingerprint density at radius 2 is 1.15 bits per heavy atom. The molecule has 352 valence electrons. The SMILES string of the molecule is C=CC1=CC=C(c2ccc3c(c2)c2cc(-c4ccc(C=C)cc4)ccc2n3-c2ccc3c(c2)C(CCCCCC)(CCCCCC)c2cc(N(c4ccccc4)c4cccc5ccccc45)ccc2-3)CC1. The second-order valence-electron chi connectivity index (χ2n) is 20.1. The molecule has 9 aromatic rings. The number of aromatic nitrogens is 1. The van der Waals surface area contributed by atoms with Gasteiger partial charge in [-0.1, -0.05) is 206 Å². The lowest BCUT2D eigenvalue weighted by atomic mass is 9.70. The molecule has 0 N–H and O–H groups in total. The molecule has 8 aromatic carbocycles. The van der Waals surface area contributed by atoms with E-state index in [1.165, 1.54) is 157 Å². The third-order valence-corrected chi connectivity index (χ3v) is 15.8. The zero-order chi connectivity index (χ0) is 48.3. The second-order valence-corrected chi connectivity index (χ2v) is 20.1. The van der Waals surface area contributed by atoms with E-state index in [9.17, 15) is 0 Å². The van der Waals surface area contributed by atoms with Gasteiger partial charge in [0.1, 0.15) is 0 Å². The highest BCUT2D eigenvalue weighted by Gasteiger charge is 2.43. The quantitative estimate of drug-likeness (QED) is 0.0779. The summed E-state index contributed by atoms with van der Waals surface area (Å²) < 4.78 is 2.56. The average Bonchev–Trinajstić information content (AvgIpc) is 3.89. The molecule has 71 heavy (non-hydrogen) atoms. The molecule has 0 saturated carbocycles. The van der Waals surface area contributed by atoms with Crippen LogP contribution in [0.5, 0.6) is 0 Å². The number of benzene rings is 8. The van der Waals surface area contributed by atoms with Crippen LogP contribution >= 0.6 is 0 Å². The Morgan fingerprint density at radius 1 is 0.507 bits per heavy atom. The molecule has 0 bridgehead atoms. The van der Waals surface area contributed by atoms with Crippen LogP contribution in [0.25, 0.3) is 72.2 Å². The van der Waals surface area contributed by atoms with Crippen molar-refractivity contribution in [3.8, 4) is 27.9 Å². The average molecular weight is 923 g/mol. The summed E-state index contributed by atoms with van der Waals surface area (Å²) in [6.45, 7) is 12.7. The molecule has 0 amide bonds. The number of para-hydroxylation sites is 1. The number of allylic oxidation sites excluding steroid dienone is 5. The molecule has 2 nitrogen and oxygen atoms in total. The third kappa shape index (κ3) is 8.58. The highest BCUT2D eigenvalue weighted by Crippen LogP contribution is 2.57. The first-order valence-electron chi connectivity index (χ1n) is 26.5. The Bertz CT molecular complexity index is 3470. The lowest BCUT2D eigenvalue weighted by molar-refractivity contribution is 0.401. The number of rotatable bonds is 18. The topological polar surface area (TPSA) is 8.17 Å². The highest BCUT2D eigenvalue weighted by molar-refractivity contribution is 6.11. The van der Waals surface area contributed by atoms with Crippen molar-refractivity contribution in [3.63, 3.8) is 0 Å². The molecule has 2 heteroatoms. The first kappa shape index (κ1) is 46.0. The Hall–Kier alpha value is -7.42. The van der Waals surface area contributed by atoms with Gasteiger partial charge in [0.25, 0.3) is 0 Å². The van der Waals surface area contributed by atoms with Gasteiger partial charge < -0.3 is 9.47 Å². The van der Waals surface area contributed by atoms with E-state index < -0.39 is 0 Å². The van der Waals surface area contributed by atoms with E-state index in [0.717, 1.165) is 31.2 Å². The molecule has 0 unspecified atom stereocenters. The van der Waals surface area contributed by atoms with E-state index in [1.54, 1.807) is 0 Å². The normalized spacial score (nSPS) is 13.8. The van der Waals surface area contributed by atoms with Crippen molar-refractivity contribution in [3.05, 3.63) is 229 Å². The minimum atomic E-state index is -0.138. The number of hydrogen-bond donors (Lipinski definition) is 0. The Labute approximate surface area is 422 Å². The van der Waals surface area contributed by atoms with Crippen LogP contribution in [-0.2, 0) is 5.41 Å². The summed E-state index contributed by atoms with van der Waals surface area (Å²) in [5, 5.41) is 5.06. The summed E-state index contributed by atoms with van der Waals surface area (Å²) in [4.78, 5) is 2.50. The van der Waals surface area contributed by atoms with Gasteiger partial charge in [0, 0.05) is 38.6 Å². The summed E-state index contributed by atoms with van der Waals surface area (Å²) >= 11 is 0. The van der Waals surface area contributed by atoms with Crippen LogP contribution in [-0.4, -0.2) is 4.57 Å². The predicted octanol–water partition coefficient (Wildman–Crippen LogP) is 20.2. The minimum absolute atomic E-state index is 0.138. The summed E-state index contributed by atoms with van der Waals surface area (Å²) in [6, 6.07) is 64.6. The first-order valence-corrected chi connectivity index (χ1v) is 26.5. The van der Waals surface area contributed by atoms with Gasteiger partial charge in [0.2, 0.25) is 0 Å². The van der Waals surface area contributed by atoms with Crippen LogP contribution in [0.2, 0.25) is 0 Å². The molecular weight excluding hydrogens is 857 g/mol. The van der Waals surface area contributed by atoms with Crippen molar-refractivity contribution in [1.29, 1.82) is 0 Å². The summed E-state index contributed by atoms with van der Waals surface area (Å²) in [6.07, 6.45) is 22.6. The molecule has 0 aliphatic heterocycles. The second kappa shape index (κ2) is 20.1. The van der Waals surface area contributed by atoms with Crippen molar-refractivity contribution >= 4 is 61.3 Å². The predicted molar refractivity (Wildman–Crippen MR) is 308 cm³/mol. The van der Waals surface area contributed by atoms with Gasteiger partial charge in [-0.2, -0.15) is 0 Å². The molecule has 11 rings (SSSR count). The van der Waals surface area contributed by atoms with Crippen molar-refractivity contribution in [2.45, 2.75) is 96.3 Å². The Morgan fingerprint density at radius 3 is 1.85 bits per heavy atom.